The molecule has 0 radical (unpaired) electrons. The third-order valence-corrected chi connectivity index (χ3v) is 3.44. The quantitative estimate of drug-likeness (QED) is 0.710. The van der Waals surface area contributed by atoms with E-state index in [1.165, 1.54) is 0 Å². The van der Waals surface area contributed by atoms with E-state index >= 15 is 0 Å². The molecule has 0 aliphatic heterocycles. The summed E-state index contributed by atoms with van der Waals surface area (Å²) in [6.07, 6.45) is 1.65. The minimum absolute atomic E-state index is 0.194. The monoisotopic (exact) mass is 323 g/mol. The van der Waals surface area contributed by atoms with E-state index in [1.54, 1.807) is 24.4 Å². The maximum atomic E-state index is 12.3. The Bertz CT molecular complexity index is 744. The highest BCUT2D eigenvalue weighted by Crippen LogP contribution is 2.28. The van der Waals surface area contributed by atoms with Gasteiger partial charge in [-0.3, -0.25) is 4.79 Å². The first-order valence-corrected chi connectivity index (χ1v) is 6.39. The largest absolute Gasteiger partial charge is 0.446 e. The molecule has 1 N–H and O–H groups in total. The number of H-pyrrole nitrogens is 1. The summed E-state index contributed by atoms with van der Waals surface area (Å²) in [6, 6.07) is 8.77. The molecule has 0 unspecified atom stereocenters. The third kappa shape index (κ3) is 1.78. The summed E-state index contributed by atoms with van der Waals surface area (Å²) >= 11 is 9.30. The first kappa shape index (κ1) is 11.6. The van der Waals surface area contributed by atoms with Crippen LogP contribution in [0.2, 0.25) is 5.02 Å². The Labute approximate surface area is 116 Å². The SMILES string of the molecule is O=C(c1ccc(Br)o1)c1c[nH]c2cccc(Cl)c12. The van der Waals surface area contributed by atoms with Crippen LogP contribution in [-0.4, -0.2) is 10.8 Å². The van der Waals surface area contributed by atoms with Gasteiger partial charge in [0.15, 0.2) is 10.4 Å². The number of fused-ring (bicyclic) bond motifs is 1. The van der Waals surface area contributed by atoms with Gasteiger partial charge in [0, 0.05) is 17.1 Å². The van der Waals surface area contributed by atoms with E-state index in [0.717, 1.165) is 10.9 Å². The van der Waals surface area contributed by atoms with E-state index in [-0.39, 0.29) is 11.5 Å². The van der Waals surface area contributed by atoms with Crippen molar-refractivity contribution in [2.45, 2.75) is 0 Å². The number of ketones is 1. The first-order valence-electron chi connectivity index (χ1n) is 5.22. The van der Waals surface area contributed by atoms with Gasteiger partial charge in [-0.1, -0.05) is 17.7 Å². The summed E-state index contributed by atoms with van der Waals surface area (Å²) in [5, 5.41) is 1.26. The number of aromatic amines is 1. The lowest BCUT2D eigenvalue weighted by atomic mass is 10.1. The van der Waals surface area contributed by atoms with Gasteiger partial charge in [0.2, 0.25) is 5.78 Å². The van der Waals surface area contributed by atoms with Gasteiger partial charge in [-0.25, -0.2) is 0 Å². The zero-order valence-electron chi connectivity index (χ0n) is 9.04. The summed E-state index contributed by atoms with van der Waals surface area (Å²) in [5.41, 5.74) is 1.34. The highest BCUT2D eigenvalue weighted by atomic mass is 79.9. The van der Waals surface area contributed by atoms with Crippen molar-refractivity contribution < 1.29 is 9.21 Å². The number of rotatable bonds is 2. The standard InChI is InChI=1S/C13H7BrClNO2/c14-11-5-4-10(18-11)13(17)7-6-16-9-3-1-2-8(15)12(7)9/h1-6,16H. The third-order valence-electron chi connectivity index (χ3n) is 2.70. The normalized spacial score (nSPS) is 11.0. The Morgan fingerprint density at radius 1 is 1.28 bits per heavy atom. The number of carbonyl (C=O) groups is 1. The molecular formula is C13H7BrClNO2. The lowest BCUT2D eigenvalue weighted by molar-refractivity contribution is 0.101. The molecule has 18 heavy (non-hydrogen) atoms. The average Bonchev–Trinajstić information content (AvgIpc) is 2.95. The second-order valence-electron chi connectivity index (χ2n) is 3.80. The van der Waals surface area contributed by atoms with Crippen LogP contribution >= 0.6 is 27.5 Å². The molecule has 2 aromatic heterocycles. The molecule has 0 fully saturated rings. The molecule has 0 spiro atoms. The fourth-order valence-electron chi connectivity index (χ4n) is 1.89. The smallest absolute Gasteiger partial charge is 0.230 e. The Morgan fingerprint density at radius 3 is 2.83 bits per heavy atom. The van der Waals surface area contributed by atoms with Crippen LogP contribution < -0.4 is 0 Å². The van der Waals surface area contributed by atoms with Crippen molar-refractivity contribution in [3.63, 3.8) is 0 Å². The van der Waals surface area contributed by atoms with E-state index < -0.39 is 0 Å². The Kier molecular flexibility index (Phi) is 2.76. The number of aromatic nitrogens is 1. The molecule has 0 saturated carbocycles. The minimum atomic E-state index is -0.194. The van der Waals surface area contributed by atoms with Crippen molar-refractivity contribution in [1.82, 2.24) is 4.98 Å². The van der Waals surface area contributed by atoms with Gasteiger partial charge >= 0.3 is 0 Å². The average molecular weight is 325 g/mol. The van der Waals surface area contributed by atoms with E-state index in [2.05, 4.69) is 20.9 Å². The van der Waals surface area contributed by atoms with Gasteiger partial charge < -0.3 is 9.40 Å². The molecule has 90 valence electrons. The second kappa shape index (κ2) is 4.30. The van der Waals surface area contributed by atoms with Crippen LogP contribution in [0.15, 0.2) is 45.6 Å². The van der Waals surface area contributed by atoms with Crippen molar-refractivity contribution in [1.29, 1.82) is 0 Å². The Balaban J connectivity index is 2.18. The molecule has 2 heterocycles. The summed E-state index contributed by atoms with van der Waals surface area (Å²) < 4.78 is 5.79. The zero-order valence-corrected chi connectivity index (χ0v) is 11.4. The van der Waals surface area contributed by atoms with E-state index in [1.807, 2.05) is 12.1 Å². The van der Waals surface area contributed by atoms with Crippen molar-refractivity contribution in [2.24, 2.45) is 0 Å². The van der Waals surface area contributed by atoms with Gasteiger partial charge in [0.1, 0.15) is 0 Å². The van der Waals surface area contributed by atoms with Crippen LogP contribution in [0.1, 0.15) is 16.1 Å². The molecule has 0 aliphatic rings. The number of furan rings is 1. The van der Waals surface area contributed by atoms with Crippen molar-refractivity contribution >= 4 is 44.2 Å². The molecule has 0 atom stereocenters. The number of benzene rings is 1. The van der Waals surface area contributed by atoms with Crippen molar-refractivity contribution in [3.05, 3.63) is 57.5 Å². The van der Waals surface area contributed by atoms with Crippen molar-refractivity contribution in [3.8, 4) is 0 Å². The number of halogens is 2. The second-order valence-corrected chi connectivity index (χ2v) is 4.99. The van der Waals surface area contributed by atoms with Crippen LogP contribution in [-0.2, 0) is 0 Å². The molecule has 3 rings (SSSR count). The van der Waals surface area contributed by atoms with Gasteiger partial charge in [-0.2, -0.15) is 0 Å². The Morgan fingerprint density at radius 2 is 2.11 bits per heavy atom. The van der Waals surface area contributed by atoms with Crippen LogP contribution in [0, 0.1) is 0 Å². The predicted molar refractivity (Wildman–Crippen MR) is 73.1 cm³/mol. The number of nitrogens with one attached hydrogen (secondary N) is 1. The lowest BCUT2D eigenvalue weighted by Gasteiger charge is -1.98. The van der Waals surface area contributed by atoms with Gasteiger partial charge in [0.25, 0.3) is 0 Å². The highest BCUT2D eigenvalue weighted by molar-refractivity contribution is 9.10. The molecule has 1 aromatic carbocycles. The van der Waals surface area contributed by atoms with Gasteiger partial charge in [-0.15, -0.1) is 0 Å². The predicted octanol–water partition coefficient (Wildman–Crippen LogP) is 4.41. The van der Waals surface area contributed by atoms with Crippen LogP contribution in [0.5, 0.6) is 0 Å². The van der Waals surface area contributed by atoms with Crippen LogP contribution in [0.4, 0.5) is 0 Å². The molecule has 0 bridgehead atoms. The maximum absolute atomic E-state index is 12.3. The minimum Gasteiger partial charge on any atom is -0.446 e. The van der Waals surface area contributed by atoms with Gasteiger partial charge in [-0.05, 0) is 40.2 Å². The molecule has 5 heteroatoms. The number of carbonyl (C=O) groups excluding carboxylic acids is 1. The highest BCUT2D eigenvalue weighted by Gasteiger charge is 2.18. The topological polar surface area (TPSA) is 46.0 Å². The Hall–Kier alpha value is -1.52. The molecule has 3 aromatic rings. The van der Waals surface area contributed by atoms with Gasteiger partial charge in [0.05, 0.1) is 10.6 Å². The van der Waals surface area contributed by atoms with Crippen molar-refractivity contribution in [2.75, 3.05) is 0 Å². The van der Waals surface area contributed by atoms with Crippen LogP contribution in [0.3, 0.4) is 0 Å². The molecule has 0 aliphatic carbocycles. The molecule has 0 amide bonds. The zero-order chi connectivity index (χ0) is 12.7. The fourth-order valence-corrected chi connectivity index (χ4v) is 2.47. The first-order chi connectivity index (χ1) is 8.66. The van der Waals surface area contributed by atoms with E-state index in [4.69, 9.17) is 16.0 Å². The molecular weight excluding hydrogens is 318 g/mol. The summed E-state index contributed by atoms with van der Waals surface area (Å²) in [7, 11) is 0. The number of hydrogen-bond donors (Lipinski definition) is 1. The lowest BCUT2D eigenvalue weighted by Crippen LogP contribution is -1.98. The molecule has 3 nitrogen and oxygen atoms in total. The number of hydrogen-bond acceptors (Lipinski definition) is 2. The van der Waals surface area contributed by atoms with E-state index in [9.17, 15) is 4.79 Å². The maximum Gasteiger partial charge on any atom is 0.230 e. The summed E-state index contributed by atoms with van der Waals surface area (Å²) in [4.78, 5) is 15.3. The summed E-state index contributed by atoms with van der Waals surface area (Å²) in [5.74, 6) is 0.0859. The fraction of sp³-hybridized carbons (Fsp3) is 0. The van der Waals surface area contributed by atoms with Crippen LogP contribution in [0.25, 0.3) is 10.9 Å². The molecule has 0 saturated heterocycles. The summed E-state index contributed by atoms with van der Waals surface area (Å²) in [6.45, 7) is 0. The van der Waals surface area contributed by atoms with E-state index in [0.29, 0.717) is 15.3 Å².